The van der Waals surface area contributed by atoms with E-state index in [9.17, 15) is 0 Å². The zero-order valence-electron chi connectivity index (χ0n) is 13.8. The Kier molecular flexibility index (Phi) is 6.49. The number of ether oxygens (including phenoxy) is 1. The molecule has 1 unspecified atom stereocenters. The Balaban J connectivity index is 1.96. The van der Waals surface area contributed by atoms with E-state index >= 15 is 0 Å². The van der Waals surface area contributed by atoms with Crippen LogP contribution in [0, 0.1) is 5.92 Å². The van der Waals surface area contributed by atoms with Crippen LogP contribution in [0.15, 0.2) is 23.3 Å². The number of piperidine rings is 1. The summed E-state index contributed by atoms with van der Waals surface area (Å²) in [4.78, 5) is 11.0. The summed E-state index contributed by atoms with van der Waals surface area (Å²) < 4.78 is 5.74. The van der Waals surface area contributed by atoms with Gasteiger partial charge in [0.1, 0.15) is 0 Å². The summed E-state index contributed by atoms with van der Waals surface area (Å²) in [6.45, 7) is 7.64. The molecule has 22 heavy (non-hydrogen) atoms. The van der Waals surface area contributed by atoms with Gasteiger partial charge in [-0.25, -0.2) is 9.98 Å². The molecule has 2 rings (SSSR count). The maximum Gasteiger partial charge on any atom is 0.218 e. The molecule has 1 aliphatic rings. The second-order valence-electron chi connectivity index (χ2n) is 6.04. The Hall–Kier alpha value is -1.78. The highest BCUT2D eigenvalue weighted by molar-refractivity contribution is 5.78. The topological polar surface area (TPSA) is 63.7 Å². The van der Waals surface area contributed by atoms with E-state index in [1.54, 1.807) is 6.20 Å². The number of nitrogens with two attached hydrogens (primary N) is 1. The van der Waals surface area contributed by atoms with Crippen LogP contribution < -0.4 is 10.5 Å². The first kappa shape index (κ1) is 16.6. The Morgan fingerprint density at radius 1 is 1.55 bits per heavy atom. The second kappa shape index (κ2) is 8.61. The number of aliphatic imine (C=N–C) groups is 1. The molecule has 1 aromatic rings. The number of aromatic nitrogens is 1. The number of unbranched alkanes of at least 4 members (excludes halogenated alkanes) is 1. The highest BCUT2D eigenvalue weighted by Crippen LogP contribution is 2.17. The van der Waals surface area contributed by atoms with Crippen molar-refractivity contribution in [3.63, 3.8) is 0 Å². The fourth-order valence-electron chi connectivity index (χ4n) is 2.65. The normalized spacial score (nSPS) is 19.3. The van der Waals surface area contributed by atoms with Gasteiger partial charge in [0.05, 0.1) is 13.2 Å². The van der Waals surface area contributed by atoms with Crippen LogP contribution in [-0.2, 0) is 6.54 Å². The maximum absolute atomic E-state index is 6.14. The average molecular weight is 304 g/mol. The van der Waals surface area contributed by atoms with Crippen LogP contribution in [0.5, 0.6) is 5.88 Å². The molecule has 122 valence electrons. The van der Waals surface area contributed by atoms with Crippen LogP contribution in [0.2, 0.25) is 0 Å². The lowest BCUT2D eigenvalue weighted by Gasteiger charge is -2.31. The summed E-state index contributed by atoms with van der Waals surface area (Å²) in [5.41, 5.74) is 7.14. The van der Waals surface area contributed by atoms with Crippen molar-refractivity contribution in [2.24, 2.45) is 16.6 Å². The van der Waals surface area contributed by atoms with E-state index in [0.717, 1.165) is 31.5 Å². The number of rotatable bonds is 6. The van der Waals surface area contributed by atoms with Crippen molar-refractivity contribution >= 4 is 5.96 Å². The number of pyridine rings is 1. The molecule has 2 N–H and O–H groups in total. The van der Waals surface area contributed by atoms with Gasteiger partial charge in [0, 0.05) is 24.8 Å². The quantitative estimate of drug-likeness (QED) is 0.498. The second-order valence-corrected chi connectivity index (χ2v) is 6.04. The fraction of sp³-hybridized carbons (Fsp3) is 0.647. The summed E-state index contributed by atoms with van der Waals surface area (Å²) >= 11 is 0. The monoisotopic (exact) mass is 304 g/mol. The Morgan fingerprint density at radius 2 is 2.41 bits per heavy atom. The van der Waals surface area contributed by atoms with Gasteiger partial charge < -0.3 is 15.4 Å². The number of likely N-dealkylation sites (tertiary alicyclic amines) is 1. The molecule has 0 bridgehead atoms. The van der Waals surface area contributed by atoms with Crippen molar-refractivity contribution in [1.29, 1.82) is 0 Å². The van der Waals surface area contributed by atoms with Gasteiger partial charge >= 0.3 is 0 Å². The third-order valence-electron chi connectivity index (χ3n) is 3.98. The zero-order valence-corrected chi connectivity index (χ0v) is 13.8. The lowest BCUT2D eigenvalue weighted by Crippen LogP contribution is -2.43. The SMILES string of the molecule is CCCCOc1ncccc1CN=C(N)N1CCCC(C)C1. The number of guanidine groups is 1. The van der Waals surface area contributed by atoms with Crippen LogP contribution in [0.4, 0.5) is 0 Å². The molecule has 0 spiro atoms. The van der Waals surface area contributed by atoms with Crippen molar-refractivity contribution in [2.75, 3.05) is 19.7 Å². The molecule has 0 saturated carbocycles. The van der Waals surface area contributed by atoms with E-state index in [4.69, 9.17) is 10.5 Å². The Labute approximate surface area is 133 Å². The van der Waals surface area contributed by atoms with Crippen LogP contribution in [-0.4, -0.2) is 35.5 Å². The third-order valence-corrected chi connectivity index (χ3v) is 3.98. The molecule has 0 aromatic carbocycles. The number of hydrogen-bond donors (Lipinski definition) is 1. The predicted octanol–water partition coefficient (Wildman–Crippen LogP) is 2.81. The first-order valence-corrected chi connectivity index (χ1v) is 8.32. The largest absolute Gasteiger partial charge is 0.477 e. The maximum atomic E-state index is 6.14. The molecule has 2 heterocycles. The number of nitrogens with zero attached hydrogens (tertiary/aromatic N) is 3. The van der Waals surface area contributed by atoms with E-state index < -0.39 is 0 Å². The molecule has 1 fully saturated rings. The van der Waals surface area contributed by atoms with Gasteiger partial charge in [-0.3, -0.25) is 0 Å². The Morgan fingerprint density at radius 3 is 3.18 bits per heavy atom. The molecule has 1 atom stereocenters. The summed E-state index contributed by atoms with van der Waals surface area (Å²) in [5.74, 6) is 2.00. The molecular formula is C17H28N4O. The van der Waals surface area contributed by atoms with Gasteiger partial charge in [-0.2, -0.15) is 0 Å². The molecule has 1 saturated heterocycles. The van der Waals surface area contributed by atoms with Gasteiger partial charge in [-0.1, -0.05) is 26.3 Å². The molecule has 0 amide bonds. The van der Waals surface area contributed by atoms with Crippen molar-refractivity contribution in [1.82, 2.24) is 9.88 Å². The highest BCUT2D eigenvalue weighted by atomic mass is 16.5. The molecule has 0 aliphatic carbocycles. The summed E-state index contributed by atoms with van der Waals surface area (Å²) in [5, 5.41) is 0. The first-order valence-electron chi connectivity index (χ1n) is 8.32. The van der Waals surface area contributed by atoms with Gasteiger partial charge in [0.2, 0.25) is 5.88 Å². The van der Waals surface area contributed by atoms with E-state index in [0.29, 0.717) is 30.9 Å². The molecule has 1 aromatic heterocycles. The van der Waals surface area contributed by atoms with Gasteiger partial charge in [0.15, 0.2) is 5.96 Å². The smallest absolute Gasteiger partial charge is 0.218 e. The zero-order chi connectivity index (χ0) is 15.8. The summed E-state index contributed by atoms with van der Waals surface area (Å²) in [6.07, 6.45) is 6.37. The minimum absolute atomic E-state index is 0.520. The lowest BCUT2D eigenvalue weighted by atomic mass is 10.0. The van der Waals surface area contributed by atoms with Crippen molar-refractivity contribution in [3.8, 4) is 5.88 Å². The standard InChI is InChI=1S/C17H28N4O/c1-3-4-11-22-16-15(8-5-9-19-16)12-20-17(18)21-10-6-7-14(2)13-21/h5,8-9,14H,3-4,6-7,10-13H2,1-2H3,(H2,18,20). The van der Waals surface area contributed by atoms with E-state index in [1.807, 2.05) is 12.1 Å². The molecule has 0 radical (unpaired) electrons. The third kappa shape index (κ3) is 4.90. The van der Waals surface area contributed by atoms with Crippen molar-refractivity contribution < 1.29 is 4.74 Å². The lowest BCUT2D eigenvalue weighted by molar-refractivity contribution is 0.270. The van der Waals surface area contributed by atoms with E-state index in [2.05, 4.69) is 28.7 Å². The van der Waals surface area contributed by atoms with Crippen LogP contribution >= 0.6 is 0 Å². The van der Waals surface area contributed by atoms with Gasteiger partial charge in [-0.05, 0) is 31.2 Å². The van der Waals surface area contributed by atoms with E-state index in [-0.39, 0.29) is 0 Å². The minimum Gasteiger partial charge on any atom is -0.477 e. The van der Waals surface area contributed by atoms with Crippen LogP contribution in [0.3, 0.4) is 0 Å². The van der Waals surface area contributed by atoms with Crippen LogP contribution in [0.25, 0.3) is 0 Å². The average Bonchev–Trinajstić information content (AvgIpc) is 2.54. The van der Waals surface area contributed by atoms with Gasteiger partial charge in [-0.15, -0.1) is 0 Å². The minimum atomic E-state index is 0.520. The van der Waals surface area contributed by atoms with Crippen molar-refractivity contribution in [2.45, 2.75) is 46.1 Å². The predicted molar refractivity (Wildman–Crippen MR) is 89.9 cm³/mol. The van der Waals surface area contributed by atoms with Crippen LogP contribution in [0.1, 0.15) is 45.1 Å². The molecule has 5 heteroatoms. The molecular weight excluding hydrogens is 276 g/mol. The Bertz CT molecular complexity index is 489. The summed E-state index contributed by atoms with van der Waals surface area (Å²) in [6, 6.07) is 3.92. The number of hydrogen-bond acceptors (Lipinski definition) is 3. The molecule has 5 nitrogen and oxygen atoms in total. The fourth-order valence-corrected chi connectivity index (χ4v) is 2.65. The van der Waals surface area contributed by atoms with Crippen molar-refractivity contribution in [3.05, 3.63) is 23.9 Å². The highest BCUT2D eigenvalue weighted by Gasteiger charge is 2.17. The van der Waals surface area contributed by atoms with E-state index in [1.165, 1.54) is 12.8 Å². The summed E-state index contributed by atoms with van der Waals surface area (Å²) in [7, 11) is 0. The molecule has 1 aliphatic heterocycles. The first-order chi connectivity index (χ1) is 10.7. The van der Waals surface area contributed by atoms with Gasteiger partial charge in [0.25, 0.3) is 0 Å².